The maximum Gasteiger partial charge on any atom is 0.332 e. The molecule has 0 aliphatic carbocycles. The molecule has 0 aromatic carbocycles. The van der Waals surface area contributed by atoms with Gasteiger partial charge in [0.05, 0.1) is 0 Å². The van der Waals surface area contributed by atoms with E-state index in [9.17, 15) is 9.59 Å². The molecule has 0 radical (unpaired) electrons. The molecule has 2 heterocycles. The van der Waals surface area contributed by atoms with Crippen LogP contribution < -0.4 is 27.8 Å². The van der Waals surface area contributed by atoms with E-state index >= 15 is 0 Å². The number of thiocarbonyl (C=S) groups is 1. The van der Waals surface area contributed by atoms with Crippen molar-refractivity contribution in [2.24, 2.45) is 26.9 Å². The largest absolute Gasteiger partial charge is 0.375 e. The van der Waals surface area contributed by atoms with Crippen LogP contribution in [0.4, 0.5) is 5.95 Å². The van der Waals surface area contributed by atoms with Gasteiger partial charge in [-0.1, -0.05) is 0 Å². The molecule has 4 N–H and O–H groups in total. The first kappa shape index (κ1) is 13.1. The molecule has 0 saturated carbocycles. The van der Waals surface area contributed by atoms with Crippen LogP contribution in [-0.4, -0.2) is 23.8 Å². The van der Waals surface area contributed by atoms with Crippen molar-refractivity contribution in [3.8, 4) is 0 Å². The van der Waals surface area contributed by atoms with Gasteiger partial charge in [-0.2, -0.15) is 4.98 Å². The number of fused-ring (bicyclic) bond motifs is 1. The molecule has 0 spiro atoms. The monoisotopic (exact) mass is 283 g/mol. The smallest absolute Gasteiger partial charge is 0.332 e. The van der Waals surface area contributed by atoms with Crippen molar-refractivity contribution in [3.05, 3.63) is 20.8 Å². The summed E-state index contributed by atoms with van der Waals surface area (Å²) in [5.74, 6) is 0.320. The Kier molecular flexibility index (Phi) is 3.02. The predicted molar refractivity (Wildman–Crippen MR) is 74.7 cm³/mol. The lowest BCUT2D eigenvalue weighted by atomic mass is 10.5. The Morgan fingerprint density at radius 2 is 1.84 bits per heavy atom. The van der Waals surface area contributed by atoms with E-state index in [1.54, 1.807) is 14.1 Å². The van der Waals surface area contributed by atoms with Gasteiger partial charge >= 0.3 is 5.69 Å². The Morgan fingerprint density at radius 3 is 2.42 bits per heavy atom. The summed E-state index contributed by atoms with van der Waals surface area (Å²) in [4.78, 5) is 28.0. The zero-order valence-electron chi connectivity index (χ0n) is 10.6. The van der Waals surface area contributed by atoms with Gasteiger partial charge in [0.15, 0.2) is 16.3 Å². The molecular formula is C9H13N7O2S. The Morgan fingerprint density at radius 1 is 1.21 bits per heavy atom. The highest BCUT2D eigenvalue weighted by atomic mass is 32.1. The van der Waals surface area contributed by atoms with Gasteiger partial charge in [0.2, 0.25) is 5.95 Å². The van der Waals surface area contributed by atoms with Crippen LogP contribution in [0.1, 0.15) is 0 Å². The summed E-state index contributed by atoms with van der Waals surface area (Å²) < 4.78 is 3.83. The topological polar surface area (TPSA) is 112 Å². The summed E-state index contributed by atoms with van der Waals surface area (Å²) in [6, 6.07) is 0. The average Bonchev–Trinajstić information content (AvgIpc) is 2.69. The number of rotatable bonds is 2. The second-order valence-electron chi connectivity index (χ2n) is 3.99. The summed E-state index contributed by atoms with van der Waals surface area (Å²) in [6.45, 7) is 0. The average molecular weight is 283 g/mol. The third-order valence-electron chi connectivity index (χ3n) is 2.77. The Hall–Kier alpha value is -2.36. The molecule has 0 amide bonds. The first-order valence-electron chi connectivity index (χ1n) is 5.28. The van der Waals surface area contributed by atoms with Crippen molar-refractivity contribution in [2.75, 3.05) is 5.43 Å². The fraction of sp³-hybridized carbons (Fsp3) is 0.333. The van der Waals surface area contributed by atoms with E-state index in [4.69, 9.17) is 5.73 Å². The van der Waals surface area contributed by atoms with Crippen molar-refractivity contribution < 1.29 is 0 Å². The third kappa shape index (κ3) is 1.95. The van der Waals surface area contributed by atoms with Gasteiger partial charge in [-0.25, -0.2) is 4.79 Å². The van der Waals surface area contributed by atoms with Crippen LogP contribution in [0.15, 0.2) is 9.59 Å². The normalized spacial score (nSPS) is 10.7. The molecule has 0 atom stereocenters. The standard InChI is InChI=1S/C9H13N7O2S/c1-14-4-5(11-8(14)13-12-7(10)19)15(2)9(18)16(3)6(4)17/h1-3H3,(H,11,13)(H3,10,12,19). The van der Waals surface area contributed by atoms with E-state index in [1.807, 2.05) is 0 Å². The Labute approximate surface area is 112 Å². The minimum Gasteiger partial charge on any atom is -0.375 e. The number of hydrazine groups is 1. The predicted octanol–water partition coefficient (Wildman–Crippen LogP) is -1.87. The molecule has 0 fully saturated rings. The van der Waals surface area contributed by atoms with Crippen LogP contribution in [0.5, 0.6) is 0 Å². The molecule has 0 unspecified atom stereocenters. The van der Waals surface area contributed by atoms with Gasteiger partial charge in [0.1, 0.15) is 0 Å². The fourth-order valence-electron chi connectivity index (χ4n) is 1.75. The molecule has 2 aromatic heterocycles. The van der Waals surface area contributed by atoms with Crippen molar-refractivity contribution in [1.82, 2.24) is 24.1 Å². The number of hydrogen-bond acceptors (Lipinski definition) is 5. The van der Waals surface area contributed by atoms with Crippen LogP contribution in [-0.2, 0) is 21.1 Å². The van der Waals surface area contributed by atoms with E-state index in [0.717, 1.165) is 4.57 Å². The van der Waals surface area contributed by atoms with Gasteiger partial charge in [-0.15, -0.1) is 0 Å². The first-order chi connectivity index (χ1) is 8.84. The quantitative estimate of drug-likeness (QED) is 0.437. The summed E-state index contributed by atoms with van der Waals surface area (Å²) >= 11 is 4.66. The molecule has 0 aliphatic heterocycles. The van der Waals surface area contributed by atoms with E-state index < -0.39 is 11.2 Å². The molecule has 0 saturated heterocycles. The second-order valence-corrected chi connectivity index (χ2v) is 4.43. The number of nitrogens with zero attached hydrogens (tertiary/aromatic N) is 4. The third-order valence-corrected chi connectivity index (χ3v) is 2.88. The van der Waals surface area contributed by atoms with Crippen molar-refractivity contribution >= 4 is 34.4 Å². The lowest BCUT2D eigenvalue weighted by molar-refractivity contribution is 0.705. The number of imidazole rings is 1. The Bertz CT molecular complexity index is 784. The van der Waals surface area contributed by atoms with Crippen LogP contribution >= 0.6 is 12.2 Å². The van der Waals surface area contributed by atoms with Crippen LogP contribution in [0.2, 0.25) is 0 Å². The summed E-state index contributed by atoms with van der Waals surface area (Å²) in [5, 5.41) is 0.0360. The van der Waals surface area contributed by atoms with Gasteiger partial charge < -0.3 is 10.3 Å². The number of nitrogens with one attached hydrogen (secondary N) is 2. The summed E-state index contributed by atoms with van der Waals surface area (Å²) in [7, 11) is 4.60. The molecule has 2 aromatic rings. The number of aromatic nitrogens is 4. The zero-order valence-corrected chi connectivity index (χ0v) is 11.4. The van der Waals surface area contributed by atoms with Crippen LogP contribution in [0.25, 0.3) is 11.2 Å². The molecule has 102 valence electrons. The number of hydrogen-bond donors (Lipinski definition) is 3. The molecule has 0 aliphatic rings. The number of aryl methyl sites for hydroxylation is 2. The van der Waals surface area contributed by atoms with Crippen molar-refractivity contribution in [2.45, 2.75) is 0 Å². The minimum atomic E-state index is -0.440. The lowest BCUT2D eigenvalue weighted by Gasteiger charge is -2.06. The zero-order chi connectivity index (χ0) is 14.3. The van der Waals surface area contributed by atoms with E-state index in [1.165, 1.54) is 16.2 Å². The molecule has 2 rings (SSSR count). The second kappa shape index (κ2) is 4.39. The van der Waals surface area contributed by atoms with E-state index in [2.05, 4.69) is 28.1 Å². The van der Waals surface area contributed by atoms with Gasteiger partial charge in [0, 0.05) is 21.1 Å². The van der Waals surface area contributed by atoms with Crippen LogP contribution in [0.3, 0.4) is 0 Å². The lowest BCUT2D eigenvalue weighted by Crippen LogP contribution is -2.37. The number of nitrogens with two attached hydrogens (primary N) is 1. The highest BCUT2D eigenvalue weighted by molar-refractivity contribution is 7.80. The minimum absolute atomic E-state index is 0.0360. The Balaban J connectivity index is 2.74. The van der Waals surface area contributed by atoms with E-state index in [-0.39, 0.29) is 10.8 Å². The molecule has 0 bridgehead atoms. The first-order valence-corrected chi connectivity index (χ1v) is 5.69. The molecule has 9 nitrogen and oxygen atoms in total. The van der Waals surface area contributed by atoms with Gasteiger partial charge in [-0.05, 0) is 12.2 Å². The molecule has 10 heteroatoms. The van der Waals surface area contributed by atoms with Crippen LogP contribution in [0, 0.1) is 0 Å². The van der Waals surface area contributed by atoms with Gasteiger partial charge in [-0.3, -0.25) is 24.8 Å². The maximum absolute atomic E-state index is 12.1. The number of anilines is 1. The fourth-order valence-corrected chi connectivity index (χ4v) is 1.80. The summed E-state index contributed by atoms with van der Waals surface area (Å²) in [5.41, 5.74) is 10.2. The van der Waals surface area contributed by atoms with Crippen molar-refractivity contribution in [1.29, 1.82) is 0 Å². The molecular weight excluding hydrogens is 270 g/mol. The SMILES string of the molecule is Cn1c(=O)c2c(nc(NNC(N)=S)n2C)n(C)c1=O. The van der Waals surface area contributed by atoms with Crippen molar-refractivity contribution in [3.63, 3.8) is 0 Å². The van der Waals surface area contributed by atoms with E-state index in [0.29, 0.717) is 11.5 Å². The van der Waals surface area contributed by atoms with Gasteiger partial charge in [0.25, 0.3) is 5.56 Å². The highest BCUT2D eigenvalue weighted by Crippen LogP contribution is 2.11. The highest BCUT2D eigenvalue weighted by Gasteiger charge is 2.16. The maximum atomic E-state index is 12.1. The summed E-state index contributed by atoms with van der Waals surface area (Å²) in [6.07, 6.45) is 0. The molecule has 19 heavy (non-hydrogen) atoms.